The van der Waals surface area contributed by atoms with Gasteiger partial charge in [-0.3, -0.25) is 0 Å². The molecular formula is C17H27FN2O. The number of hydrogen-bond donors (Lipinski definition) is 2. The molecule has 2 rings (SSSR count). The summed E-state index contributed by atoms with van der Waals surface area (Å²) in [5.41, 5.74) is 0.902. The molecule has 0 saturated heterocycles. The zero-order valence-corrected chi connectivity index (χ0v) is 13.2. The summed E-state index contributed by atoms with van der Waals surface area (Å²) in [4.78, 5) is 1.88. The number of nitrogens with zero attached hydrogens (tertiary/aromatic N) is 1. The van der Waals surface area contributed by atoms with E-state index in [1.54, 1.807) is 6.07 Å². The molecule has 3 nitrogen and oxygen atoms in total. The van der Waals surface area contributed by atoms with E-state index in [1.165, 1.54) is 6.07 Å². The summed E-state index contributed by atoms with van der Waals surface area (Å²) in [5, 5.41) is 13.9. The zero-order chi connectivity index (χ0) is 15.3. The first-order chi connectivity index (χ1) is 10.1. The normalized spacial score (nSPS) is 17.1. The number of benzene rings is 1. The second-order valence-electron chi connectivity index (χ2n) is 6.21. The number of halogens is 1. The number of likely N-dealkylation sites (N-methyl/N-ethyl adjacent to an activating group) is 1. The van der Waals surface area contributed by atoms with Gasteiger partial charge in [-0.2, -0.15) is 0 Å². The average molecular weight is 294 g/mol. The monoisotopic (exact) mass is 294 g/mol. The summed E-state index contributed by atoms with van der Waals surface area (Å²) < 4.78 is 14.3. The first-order valence-electron chi connectivity index (χ1n) is 7.97. The minimum atomic E-state index is -0.662. The van der Waals surface area contributed by atoms with Crippen LogP contribution >= 0.6 is 0 Å². The zero-order valence-electron chi connectivity index (χ0n) is 13.2. The molecule has 0 radical (unpaired) electrons. The van der Waals surface area contributed by atoms with Gasteiger partial charge in [0.2, 0.25) is 0 Å². The Morgan fingerprint density at radius 2 is 2.05 bits per heavy atom. The maximum atomic E-state index is 14.3. The molecule has 0 unspecified atom stereocenters. The van der Waals surface area contributed by atoms with Gasteiger partial charge in [-0.15, -0.1) is 0 Å². The SMILES string of the molecule is CCCNCc1cccc(F)c1N(C)CC1(O)CCCC1. The molecule has 1 saturated carbocycles. The lowest BCUT2D eigenvalue weighted by Crippen LogP contribution is -2.40. The largest absolute Gasteiger partial charge is 0.388 e. The molecule has 0 heterocycles. The number of para-hydroxylation sites is 1. The molecule has 0 bridgehead atoms. The van der Waals surface area contributed by atoms with Crippen LogP contribution in [0.1, 0.15) is 44.6 Å². The average Bonchev–Trinajstić information content (AvgIpc) is 2.85. The summed E-state index contributed by atoms with van der Waals surface area (Å²) in [6, 6.07) is 5.20. The van der Waals surface area contributed by atoms with Crippen LogP contribution in [0.5, 0.6) is 0 Å². The van der Waals surface area contributed by atoms with Crippen LogP contribution in [0.4, 0.5) is 10.1 Å². The van der Waals surface area contributed by atoms with Crippen LogP contribution in [0.3, 0.4) is 0 Å². The van der Waals surface area contributed by atoms with Gasteiger partial charge in [0, 0.05) is 20.1 Å². The Bertz CT molecular complexity index is 458. The molecular weight excluding hydrogens is 267 g/mol. The molecule has 0 aromatic heterocycles. The second-order valence-corrected chi connectivity index (χ2v) is 6.21. The first-order valence-corrected chi connectivity index (χ1v) is 7.97. The third-order valence-corrected chi connectivity index (χ3v) is 4.26. The predicted molar refractivity (Wildman–Crippen MR) is 85.1 cm³/mol. The van der Waals surface area contributed by atoms with Crippen molar-refractivity contribution in [3.8, 4) is 0 Å². The number of anilines is 1. The van der Waals surface area contributed by atoms with Gasteiger partial charge in [-0.25, -0.2) is 4.39 Å². The Balaban J connectivity index is 2.12. The molecule has 0 atom stereocenters. The molecule has 1 aliphatic rings. The minimum Gasteiger partial charge on any atom is -0.388 e. The van der Waals surface area contributed by atoms with E-state index in [9.17, 15) is 9.50 Å². The highest BCUT2D eigenvalue weighted by Gasteiger charge is 2.33. The van der Waals surface area contributed by atoms with Crippen LogP contribution in [0, 0.1) is 5.82 Å². The van der Waals surface area contributed by atoms with Crippen LogP contribution in [0.15, 0.2) is 18.2 Å². The van der Waals surface area contributed by atoms with E-state index in [-0.39, 0.29) is 5.82 Å². The smallest absolute Gasteiger partial charge is 0.146 e. The Labute approximate surface area is 127 Å². The number of nitrogens with one attached hydrogen (secondary N) is 1. The predicted octanol–water partition coefficient (Wildman–Crippen LogP) is 3.07. The van der Waals surface area contributed by atoms with Gasteiger partial charge in [-0.1, -0.05) is 31.9 Å². The number of aliphatic hydroxyl groups is 1. The highest BCUT2D eigenvalue weighted by atomic mass is 19.1. The Morgan fingerprint density at radius 3 is 2.71 bits per heavy atom. The van der Waals surface area contributed by atoms with Crippen molar-refractivity contribution < 1.29 is 9.50 Å². The van der Waals surface area contributed by atoms with Crippen LogP contribution in [0.25, 0.3) is 0 Å². The molecule has 0 amide bonds. The van der Waals surface area contributed by atoms with E-state index in [4.69, 9.17) is 0 Å². The molecule has 1 aromatic carbocycles. The van der Waals surface area contributed by atoms with Gasteiger partial charge in [0.25, 0.3) is 0 Å². The van der Waals surface area contributed by atoms with Crippen molar-refractivity contribution >= 4 is 5.69 Å². The second kappa shape index (κ2) is 7.23. The lowest BCUT2D eigenvalue weighted by atomic mass is 10.0. The summed E-state index contributed by atoms with van der Waals surface area (Å²) in [7, 11) is 1.87. The maximum absolute atomic E-state index is 14.3. The first kappa shape index (κ1) is 16.2. The number of hydrogen-bond acceptors (Lipinski definition) is 3. The van der Waals surface area contributed by atoms with Gasteiger partial charge >= 0.3 is 0 Å². The van der Waals surface area contributed by atoms with E-state index in [1.807, 2.05) is 18.0 Å². The standard InChI is InChI=1S/C17H27FN2O/c1-3-11-19-12-14-7-6-8-15(18)16(14)20(2)13-17(21)9-4-5-10-17/h6-8,19,21H,3-5,9-13H2,1-2H3. The molecule has 118 valence electrons. The Morgan fingerprint density at radius 1 is 1.33 bits per heavy atom. The van der Waals surface area contributed by atoms with Gasteiger partial charge in [-0.05, 0) is 37.4 Å². The quantitative estimate of drug-likeness (QED) is 0.759. The van der Waals surface area contributed by atoms with Crippen molar-refractivity contribution in [2.24, 2.45) is 0 Å². The van der Waals surface area contributed by atoms with Crippen molar-refractivity contribution in [3.63, 3.8) is 0 Å². The van der Waals surface area contributed by atoms with Crippen LogP contribution in [-0.4, -0.2) is 30.8 Å². The third kappa shape index (κ3) is 4.17. The van der Waals surface area contributed by atoms with Gasteiger partial charge in [0.1, 0.15) is 5.82 Å². The molecule has 1 fully saturated rings. The van der Waals surface area contributed by atoms with Gasteiger partial charge in [0.05, 0.1) is 11.3 Å². The summed E-state index contributed by atoms with van der Waals surface area (Å²) in [5.74, 6) is -0.213. The molecule has 0 aliphatic heterocycles. The van der Waals surface area contributed by atoms with E-state index >= 15 is 0 Å². The Kier molecular flexibility index (Phi) is 5.59. The Hall–Kier alpha value is -1.13. The molecule has 4 heteroatoms. The third-order valence-electron chi connectivity index (χ3n) is 4.26. The van der Waals surface area contributed by atoms with Crippen molar-refractivity contribution in [1.82, 2.24) is 5.32 Å². The van der Waals surface area contributed by atoms with Gasteiger partial charge < -0.3 is 15.3 Å². The van der Waals surface area contributed by atoms with Crippen LogP contribution < -0.4 is 10.2 Å². The van der Waals surface area contributed by atoms with E-state index in [0.717, 1.165) is 44.2 Å². The highest BCUT2D eigenvalue weighted by Crippen LogP contribution is 2.32. The maximum Gasteiger partial charge on any atom is 0.146 e. The van der Waals surface area contributed by atoms with Crippen LogP contribution in [-0.2, 0) is 6.54 Å². The molecule has 1 aliphatic carbocycles. The summed E-state index contributed by atoms with van der Waals surface area (Å²) in [6.45, 7) is 4.18. The lowest BCUT2D eigenvalue weighted by Gasteiger charge is -2.31. The van der Waals surface area contributed by atoms with Crippen molar-refractivity contribution in [2.75, 3.05) is 25.0 Å². The van der Waals surface area contributed by atoms with Crippen molar-refractivity contribution in [2.45, 2.75) is 51.2 Å². The van der Waals surface area contributed by atoms with Crippen LogP contribution in [0.2, 0.25) is 0 Å². The fourth-order valence-corrected chi connectivity index (χ4v) is 3.24. The molecule has 21 heavy (non-hydrogen) atoms. The number of rotatable bonds is 7. The minimum absolute atomic E-state index is 0.213. The summed E-state index contributed by atoms with van der Waals surface area (Å²) >= 11 is 0. The van der Waals surface area contributed by atoms with E-state index < -0.39 is 5.60 Å². The fourth-order valence-electron chi connectivity index (χ4n) is 3.24. The van der Waals surface area contributed by atoms with Gasteiger partial charge in [0.15, 0.2) is 0 Å². The fraction of sp³-hybridized carbons (Fsp3) is 0.647. The molecule has 1 aromatic rings. The van der Waals surface area contributed by atoms with Crippen molar-refractivity contribution in [3.05, 3.63) is 29.6 Å². The topological polar surface area (TPSA) is 35.5 Å². The molecule has 0 spiro atoms. The van der Waals surface area contributed by atoms with E-state index in [0.29, 0.717) is 18.8 Å². The van der Waals surface area contributed by atoms with E-state index in [2.05, 4.69) is 12.2 Å². The lowest BCUT2D eigenvalue weighted by molar-refractivity contribution is 0.0558. The van der Waals surface area contributed by atoms with Crippen molar-refractivity contribution in [1.29, 1.82) is 0 Å². The summed E-state index contributed by atoms with van der Waals surface area (Å²) in [6.07, 6.45) is 4.81. The molecule has 2 N–H and O–H groups in total. The highest BCUT2D eigenvalue weighted by molar-refractivity contribution is 5.54.